The lowest BCUT2D eigenvalue weighted by atomic mass is 9.92. The predicted octanol–water partition coefficient (Wildman–Crippen LogP) is 1.10. The quantitative estimate of drug-likeness (QED) is 0.360. The van der Waals surface area contributed by atoms with Gasteiger partial charge in [-0.2, -0.15) is 0 Å². The van der Waals surface area contributed by atoms with Crippen molar-refractivity contribution in [3.8, 4) is 0 Å². The van der Waals surface area contributed by atoms with E-state index in [4.69, 9.17) is 42.6 Å². The van der Waals surface area contributed by atoms with Crippen molar-refractivity contribution in [2.75, 3.05) is 20.8 Å². The van der Waals surface area contributed by atoms with Crippen LogP contribution in [0.2, 0.25) is 0 Å². The van der Waals surface area contributed by atoms with E-state index in [0.717, 1.165) is 6.42 Å². The molecule has 40 heavy (non-hydrogen) atoms. The highest BCUT2D eigenvalue weighted by molar-refractivity contribution is 4.89. The van der Waals surface area contributed by atoms with E-state index in [9.17, 15) is 15.3 Å². The first kappa shape index (κ1) is 32.4. The van der Waals surface area contributed by atoms with Crippen LogP contribution in [0.4, 0.5) is 0 Å². The summed E-state index contributed by atoms with van der Waals surface area (Å²) >= 11 is 0. The van der Waals surface area contributed by atoms with Gasteiger partial charge in [-0.3, -0.25) is 0 Å². The minimum absolute atomic E-state index is 0.0777. The summed E-state index contributed by atoms with van der Waals surface area (Å²) in [6, 6.07) is 0. The Morgan fingerprint density at radius 2 is 1.12 bits per heavy atom. The Labute approximate surface area is 237 Å². The van der Waals surface area contributed by atoms with Crippen LogP contribution >= 0.6 is 0 Å². The van der Waals surface area contributed by atoms with Gasteiger partial charge in [-0.15, -0.1) is 0 Å². The average Bonchev–Trinajstić information content (AvgIpc) is 2.90. The van der Waals surface area contributed by atoms with Crippen LogP contribution in [-0.4, -0.2) is 128 Å². The molecule has 4 fully saturated rings. The molecular weight excluding hydrogens is 528 g/mol. The highest BCUT2D eigenvalue weighted by Gasteiger charge is 2.46. The Balaban J connectivity index is 1.31. The third-order valence-electron chi connectivity index (χ3n) is 8.69. The minimum atomic E-state index is -0.844. The molecule has 0 radical (unpaired) electrons. The lowest BCUT2D eigenvalue weighted by Gasteiger charge is -2.46. The van der Waals surface area contributed by atoms with Gasteiger partial charge < -0.3 is 58.0 Å². The van der Waals surface area contributed by atoms with Crippen molar-refractivity contribution in [1.29, 1.82) is 0 Å². The van der Waals surface area contributed by atoms with Crippen molar-refractivity contribution in [3.63, 3.8) is 0 Å². The Hall–Kier alpha value is -0.480. The van der Waals surface area contributed by atoms with Crippen LogP contribution in [0.25, 0.3) is 0 Å². The number of methoxy groups -OCH3 is 2. The second kappa shape index (κ2) is 14.3. The van der Waals surface area contributed by atoms with Crippen molar-refractivity contribution in [3.05, 3.63) is 0 Å². The molecule has 4 aliphatic rings. The van der Waals surface area contributed by atoms with Crippen molar-refractivity contribution in [2.24, 2.45) is 5.92 Å². The summed E-state index contributed by atoms with van der Waals surface area (Å²) in [4.78, 5) is 0. The molecule has 4 saturated heterocycles. The van der Waals surface area contributed by atoms with Gasteiger partial charge in [0, 0.05) is 52.4 Å². The molecule has 0 aromatic rings. The van der Waals surface area contributed by atoms with E-state index >= 15 is 0 Å². The number of hydrogen-bond acceptors (Lipinski definition) is 12. The van der Waals surface area contributed by atoms with Gasteiger partial charge in [-0.1, -0.05) is 0 Å². The maximum Gasteiger partial charge on any atom is 0.161 e. The van der Waals surface area contributed by atoms with E-state index in [1.54, 1.807) is 21.1 Å². The summed E-state index contributed by atoms with van der Waals surface area (Å²) in [5.41, 5.74) is 0. The minimum Gasteiger partial charge on any atom is -0.396 e. The molecule has 4 aliphatic heterocycles. The predicted molar refractivity (Wildman–Crippen MR) is 140 cm³/mol. The molecule has 0 aromatic heterocycles. The lowest BCUT2D eigenvalue weighted by molar-refractivity contribution is -0.337. The first-order valence-electron chi connectivity index (χ1n) is 14.6. The first-order valence-corrected chi connectivity index (χ1v) is 14.6. The summed E-state index contributed by atoms with van der Waals surface area (Å²) in [7, 11) is 3.22. The van der Waals surface area contributed by atoms with Crippen molar-refractivity contribution >= 4 is 0 Å². The van der Waals surface area contributed by atoms with E-state index in [1.165, 1.54) is 0 Å². The molecule has 0 saturated carbocycles. The number of aliphatic hydroxyl groups is 3. The van der Waals surface area contributed by atoms with Gasteiger partial charge in [-0.25, -0.2) is 0 Å². The molecule has 4 heterocycles. The second-order valence-corrected chi connectivity index (χ2v) is 11.8. The van der Waals surface area contributed by atoms with Gasteiger partial charge in [0.25, 0.3) is 0 Å². The third-order valence-corrected chi connectivity index (χ3v) is 8.69. The fraction of sp³-hybridized carbons (Fsp3) is 1.00. The van der Waals surface area contributed by atoms with Crippen LogP contribution in [0.5, 0.6) is 0 Å². The third kappa shape index (κ3) is 7.53. The molecule has 12 heteroatoms. The summed E-state index contributed by atoms with van der Waals surface area (Å²) in [5, 5.41) is 31.5. The molecule has 4 rings (SSSR count). The topological polar surface area (TPSA) is 144 Å². The summed E-state index contributed by atoms with van der Waals surface area (Å²) < 4.78 is 53.8. The molecule has 0 bridgehead atoms. The van der Waals surface area contributed by atoms with Crippen molar-refractivity contribution in [1.82, 2.24) is 0 Å². The van der Waals surface area contributed by atoms with Crippen molar-refractivity contribution < 1.29 is 58.0 Å². The number of ether oxygens (including phenoxy) is 9. The maximum absolute atomic E-state index is 11.0. The van der Waals surface area contributed by atoms with Crippen LogP contribution in [0.15, 0.2) is 0 Å². The molecule has 234 valence electrons. The first-order chi connectivity index (χ1) is 19.0. The zero-order valence-electron chi connectivity index (χ0n) is 24.8. The largest absolute Gasteiger partial charge is 0.396 e. The maximum atomic E-state index is 11.0. The lowest BCUT2D eigenvalue weighted by Crippen LogP contribution is -2.56. The van der Waals surface area contributed by atoms with E-state index in [2.05, 4.69) is 0 Å². The van der Waals surface area contributed by atoms with Crippen LogP contribution in [0, 0.1) is 5.92 Å². The van der Waals surface area contributed by atoms with Gasteiger partial charge in [0.15, 0.2) is 18.9 Å². The fourth-order valence-corrected chi connectivity index (χ4v) is 6.48. The molecule has 0 aliphatic carbocycles. The van der Waals surface area contributed by atoms with E-state index in [-0.39, 0.29) is 43.4 Å². The van der Waals surface area contributed by atoms with Crippen LogP contribution in [0.1, 0.15) is 60.3 Å². The summed E-state index contributed by atoms with van der Waals surface area (Å²) in [6.07, 6.45) is -5.17. The Kier molecular flexibility index (Phi) is 11.6. The molecular formula is C28H50O12. The zero-order chi connectivity index (χ0) is 29.1. The smallest absolute Gasteiger partial charge is 0.161 e. The van der Waals surface area contributed by atoms with E-state index in [0.29, 0.717) is 12.8 Å². The van der Waals surface area contributed by atoms with Gasteiger partial charge >= 0.3 is 0 Å². The van der Waals surface area contributed by atoms with Crippen molar-refractivity contribution in [2.45, 2.75) is 152 Å². The van der Waals surface area contributed by atoms with Gasteiger partial charge in [0.2, 0.25) is 0 Å². The number of hydrogen-bond donors (Lipinski definition) is 3. The fourth-order valence-electron chi connectivity index (χ4n) is 6.48. The molecule has 16 atom stereocenters. The standard InChI is InChI=1S/C28H50O12/c1-13-8-21(33-7)28(17(5)34-13)40-23-10-19(30)27(16(4)37-23)39-22-9-18(12-29)26(15(3)36-22)38-24-11-20(32-6)25(31)14(2)35-24/h13-31H,8-12H2,1-7H3. The molecule has 0 amide bonds. The molecule has 0 spiro atoms. The number of rotatable bonds is 9. The SMILES string of the molecule is COC1CC(OC2C(CO)CC(OC3C(O)CC(OC4C(C)OC(C)CC4OC)OC3C)OC2C)OC(C)C1O. The molecule has 3 N–H and O–H groups in total. The monoisotopic (exact) mass is 578 g/mol. The number of aliphatic hydroxyl groups excluding tert-OH is 3. The molecule has 16 unspecified atom stereocenters. The van der Waals surface area contributed by atoms with Gasteiger partial charge in [0.05, 0.1) is 54.9 Å². The van der Waals surface area contributed by atoms with Gasteiger partial charge in [-0.05, 0) is 34.6 Å². The summed E-state index contributed by atoms with van der Waals surface area (Å²) in [5.74, 6) is -0.283. The summed E-state index contributed by atoms with van der Waals surface area (Å²) in [6.45, 7) is 9.31. The Bertz CT molecular complexity index is 762. The average molecular weight is 579 g/mol. The van der Waals surface area contributed by atoms with Gasteiger partial charge in [0.1, 0.15) is 18.3 Å². The van der Waals surface area contributed by atoms with E-state index in [1.807, 2.05) is 27.7 Å². The normalized spacial score (nSPS) is 50.5. The molecule has 0 aromatic carbocycles. The highest BCUT2D eigenvalue weighted by atomic mass is 16.7. The highest BCUT2D eigenvalue weighted by Crippen LogP contribution is 2.35. The van der Waals surface area contributed by atoms with E-state index < -0.39 is 67.7 Å². The molecule has 12 nitrogen and oxygen atoms in total. The van der Waals surface area contributed by atoms with Crippen LogP contribution < -0.4 is 0 Å². The Morgan fingerprint density at radius 3 is 1.75 bits per heavy atom. The van der Waals surface area contributed by atoms with Crippen LogP contribution in [0.3, 0.4) is 0 Å². The van der Waals surface area contributed by atoms with Crippen LogP contribution in [-0.2, 0) is 42.6 Å². The Morgan fingerprint density at radius 1 is 0.600 bits per heavy atom. The second-order valence-electron chi connectivity index (χ2n) is 11.8. The zero-order valence-corrected chi connectivity index (χ0v) is 24.8.